The van der Waals surface area contributed by atoms with Gasteiger partial charge >= 0.3 is 0 Å². The number of primary amides is 1. The molecule has 0 saturated carbocycles. The number of anilines is 2. The third-order valence-corrected chi connectivity index (χ3v) is 7.07. The molecule has 218 valence electrons. The van der Waals surface area contributed by atoms with Crippen LogP contribution in [0.5, 0.6) is 0 Å². The molecule has 12 heteroatoms. The third kappa shape index (κ3) is 6.27. The quantitative estimate of drug-likeness (QED) is 0.179. The largest absolute Gasteiger partial charge is 0.382 e. The van der Waals surface area contributed by atoms with Crippen molar-refractivity contribution in [3.63, 3.8) is 0 Å². The molecule has 1 atom stereocenters. The van der Waals surface area contributed by atoms with E-state index in [1.165, 1.54) is 24.4 Å². The Bertz CT molecular complexity index is 1850. The summed E-state index contributed by atoms with van der Waals surface area (Å²) in [6.45, 7) is 4.87. The zero-order valence-corrected chi connectivity index (χ0v) is 24.1. The van der Waals surface area contributed by atoms with Crippen LogP contribution in [-0.4, -0.2) is 36.9 Å². The van der Waals surface area contributed by atoms with Crippen LogP contribution in [-0.2, 0) is 5.60 Å². The van der Waals surface area contributed by atoms with Gasteiger partial charge in [-0.3, -0.25) is 14.6 Å². The number of carbonyl (C=O) groups excluding carboxylic acids is 2. The van der Waals surface area contributed by atoms with E-state index in [2.05, 4.69) is 30.6 Å². The summed E-state index contributed by atoms with van der Waals surface area (Å²) < 4.78 is 14.9. The monoisotopic (exact) mass is 599 g/mol. The van der Waals surface area contributed by atoms with Gasteiger partial charge in [-0.2, -0.15) is 0 Å². The first-order valence-corrected chi connectivity index (χ1v) is 13.6. The second-order valence-electron chi connectivity index (χ2n) is 10.4. The van der Waals surface area contributed by atoms with Crippen LogP contribution in [0.15, 0.2) is 73.3 Å². The summed E-state index contributed by atoms with van der Waals surface area (Å²) >= 11 is 6.85. The zero-order chi connectivity index (χ0) is 30.9. The van der Waals surface area contributed by atoms with E-state index in [-0.39, 0.29) is 27.7 Å². The van der Waals surface area contributed by atoms with Gasteiger partial charge < -0.3 is 21.5 Å². The van der Waals surface area contributed by atoms with Crippen molar-refractivity contribution in [1.29, 1.82) is 0 Å². The number of carbonyl (C=O) groups is 2. The van der Waals surface area contributed by atoms with Gasteiger partial charge in [-0.15, -0.1) is 0 Å². The molecule has 0 bridgehead atoms. The number of amides is 2. The Kier molecular flexibility index (Phi) is 8.03. The van der Waals surface area contributed by atoms with E-state index in [4.69, 9.17) is 17.3 Å². The number of benzene rings is 2. The molecule has 3 heterocycles. The van der Waals surface area contributed by atoms with E-state index >= 15 is 0 Å². The summed E-state index contributed by atoms with van der Waals surface area (Å²) in [5.41, 5.74) is 7.02. The first-order valence-electron chi connectivity index (χ1n) is 13.2. The average molecular weight is 600 g/mol. The summed E-state index contributed by atoms with van der Waals surface area (Å²) in [4.78, 5) is 42.2. The highest BCUT2D eigenvalue weighted by atomic mass is 35.5. The topological polar surface area (TPSA) is 156 Å². The average Bonchev–Trinajstić information content (AvgIpc) is 2.98. The summed E-state index contributed by atoms with van der Waals surface area (Å²) in [7, 11) is 0. The molecule has 5 rings (SSSR count). The van der Waals surface area contributed by atoms with E-state index in [9.17, 15) is 19.1 Å². The van der Waals surface area contributed by atoms with E-state index in [1.807, 2.05) is 0 Å². The predicted octanol–water partition coefficient (Wildman–Crippen LogP) is 5.63. The van der Waals surface area contributed by atoms with Gasteiger partial charge in [0.2, 0.25) is 5.91 Å². The van der Waals surface area contributed by atoms with Crippen molar-refractivity contribution in [3.05, 3.63) is 107 Å². The Hall–Kier alpha value is -5.00. The number of nitrogens with one attached hydrogen (secondary N) is 2. The Morgan fingerprint density at radius 3 is 2.44 bits per heavy atom. The number of pyridine rings is 2. The lowest BCUT2D eigenvalue weighted by Gasteiger charge is -2.21. The fraction of sp³-hybridized carbons (Fsp3) is 0.161. The van der Waals surface area contributed by atoms with Crippen molar-refractivity contribution in [1.82, 2.24) is 19.9 Å². The summed E-state index contributed by atoms with van der Waals surface area (Å²) in [5, 5.41) is 16.7. The van der Waals surface area contributed by atoms with Crippen molar-refractivity contribution in [2.75, 3.05) is 10.6 Å². The first-order chi connectivity index (χ1) is 20.4. The molecule has 0 aliphatic heterocycles. The van der Waals surface area contributed by atoms with Crippen molar-refractivity contribution in [2.24, 2.45) is 5.73 Å². The minimum atomic E-state index is -1.21. The van der Waals surface area contributed by atoms with E-state index in [0.29, 0.717) is 33.4 Å². The molecule has 0 fully saturated rings. The Labute approximate surface area is 251 Å². The van der Waals surface area contributed by atoms with Gasteiger partial charge in [0.05, 0.1) is 34.2 Å². The van der Waals surface area contributed by atoms with Crippen molar-refractivity contribution in [3.8, 4) is 11.1 Å². The van der Waals surface area contributed by atoms with Gasteiger partial charge in [0.15, 0.2) is 5.82 Å². The van der Waals surface area contributed by atoms with Crippen molar-refractivity contribution in [2.45, 2.75) is 32.4 Å². The highest BCUT2D eigenvalue weighted by Crippen LogP contribution is 2.38. The smallest absolute Gasteiger partial charge is 0.275 e. The minimum Gasteiger partial charge on any atom is -0.382 e. The molecule has 0 aliphatic rings. The zero-order valence-electron chi connectivity index (χ0n) is 23.4. The fourth-order valence-corrected chi connectivity index (χ4v) is 4.74. The lowest BCUT2D eigenvalue weighted by molar-refractivity contribution is 0.0687. The van der Waals surface area contributed by atoms with E-state index in [1.54, 1.807) is 69.7 Å². The number of aromatic nitrogens is 4. The number of hydrogen-bond donors (Lipinski definition) is 4. The molecule has 0 aliphatic carbocycles. The van der Waals surface area contributed by atoms with Gasteiger partial charge in [-0.1, -0.05) is 17.7 Å². The number of nitrogens with zero attached hydrogens (tertiary/aromatic N) is 4. The van der Waals surface area contributed by atoms with E-state index in [0.717, 1.165) is 0 Å². The van der Waals surface area contributed by atoms with Crippen LogP contribution in [0.4, 0.5) is 15.8 Å². The molecule has 2 amide bonds. The highest BCUT2D eigenvalue weighted by Gasteiger charge is 2.23. The minimum absolute atomic E-state index is 0.00187. The number of fused-ring (bicyclic) bond motifs is 1. The molecule has 3 aromatic heterocycles. The lowest BCUT2D eigenvalue weighted by atomic mass is 10.0. The van der Waals surface area contributed by atoms with Crippen LogP contribution in [0.25, 0.3) is 22.0 Å². The number of nitrogens with two attached hydrogens (primary N) is 1. The molecule has 5 N–H and O–H groups in total. The number of rotatable bonds is 8. The molecule has 43 heavy (non-hydrogen) atoms. The maximum atomic E-state index is 14.9. The SMILES string of the molecule is C[C@@H](Nc1c(Cl)c(C(=O)Nc2cccnc2)nc2ccc(-c3cnc(C(C)(C)O)nc3)cc12)c1cc(C(N)=O)ccc1F. The highest BCUT2D eigenvalue weighted by molar-refractivity contribution is 6.38. The Morgan fingerprint density at radius 1 is 1.05 bits per heavy atom. The molecule has 5 aromatic rings. The second kappa shape index (κ2) is 11.7. The van der Waals surface area contributed by atoms with Gasteiger partial charge in [0, 0.05) is 40.7 Å². The first kappa shape index (κ1) is 29.5. The molecule has 0 unspecified atom stereocenters. The molecule has 0 radical (unpaired) electrons. The van der Waals surface area contributed by atoms with E-state index < -0.39 is 29.3 Å². The molecule has 2 aromatic carbocycles. The lowest BCUT2D eigenvalue weighted by Crippen LogP contribution is -2.19. The molecular weight excluding hydrogens is 573 g/mol. The van der Waals surface area contributed by atoms with Crippen molar-refractivity contribution < 1.29 is 19.1 Å². The summed E-state index contributed by atoms with van der Waals surface area (Å²) in [5.74, 6) is -1.56. The maximum Gasteiger partial charge on any atom is 0.275 e. The van der Waals surface area contributed by atoms with Crippen LogP contribution >= 0.6 is 11.6 Å². The predicted molar refractivity (Wildman–Crippen MR) is 162 cm³/mol. The van der Waals surface area contributed by atoms with Gasteiger partial charge in [-0.25, -0.2) is 19.3 Å². The van der Waals surface area contributed by atoms with Gasteiger partial charge in [-0.05, 0) is 68.8 Å². The third-order valence-electron chi connectivity index (χ3n) is 6.70. The van der Waals surface area contributed by atoms with Gasteiger partial charge in [0.25, 0.3) is 5.91 Å². The number of halogens is 2. The number of hydrogen-bond acceptors (Lipinski definition) is 8. The molecule has 10 nitrogen and oxygen atoms in total. The fourth-order valence-electron chi connectivity index (χ4n) is 4.45. The summed E-state index contributed by atoms with van der Waals surface area (Å²) in [6, 6.07) is 11.8. The van der Waals surface area contributed by atoms with Crippen LogP contribution < -0.4 is 16.4 Å². The number of aliphatic hydroxyl groups is 1. The van der Waals surface area contributed by atoms with Gasteiger partial charge in [0.1, 0.15) is 17.1 Å². The van der Waals surface area contributed by atoms with Crippen LogP contribution in [0.1, 0.15) is 59.0 Å². The Balaban J connectivity index is 1.62. The maximum absolute atomic E-state index is 14.9. The summed E-state index contributed by atoms with van der Waals surface area (Å²) in [6.07, 6.45) is 6.24. The molecule has 0 spiro atoms. The Morgan fingerprint density at radius 2 is 1.79 bits per heavy atom. The van der Waals surface area contributed by atoms with Crippen LogP contribution in [0.3, 0.4) is 0 Å². The molecule has 0 saturated heterocycles. The standard InChI is InChI=1S/C31H27ClFN7O3/c1-16(21-12-18(28(34)41)6-8-23(21)33)38-26-22-11-17(19-13-36-30(37-14-19)31(2,3)43)7-9-24(22)40-27(25(26)32)29(42)39-20-5-4-10-35-15-20/h4-16,43H,1-3H3,(H2,34,41)(H,38,40)(H,39,42)/t16-/m1/s1. The normalized spacial score (nSPS) is 12.1. The van der Waals surface area contributed by atoms with Crippen molar-refractivity contribution >= 4 is 45.7 Å². The molecular formula is C31H27ClFN7O3. The van der Waals surface area contributed by atoms with Crippen LogP contribution in [0, 0.1) is 5.82 Å². The van der Waals surface area contributed by atoms with Crippen LogP contribution in [0.2, 0.25) is 5.02 Å². The second-order valence-corrected chi connectivity index (χ2v) is 10.8.